The van der Waals surface area contributed by atoms with E-state index in [0.717, 1.165) is 27.8 Å². The van der Waals surface area contributed by atoms with Gasteiger partial charge >= 0.3 is 0 Å². The Labute approximate surface area is 151 Å². The largest absolute Gasteiger partial charge is 0.485 e. The Kier molecular flexibility index (Phi) is 4.73. The molecular weight excluding hydrogens is 392 g/mol. The topological polar surface area (TPSA) is 52.6 Å². The van der Waals surface area contributed by atoms with Gasteiger partial charge < -0.3 is 4.74 Å². The van der Waals surface area contributed by atoms with E-state index in [1.807, 2.05) is 32.0 Å². The predicted molar refractivity (Wildman–Crippen MR) is 95.8 cm³/mol. The minimum absolute atomic E-state index is 0.0152. The Hall–Kier alpha value is -1.37. The molecule has 2 aromatic rings. The molecule has 0 amide bonds. The van der Waals surface area contributed by atoms with Crippen molar-refractivity contribution < 1.29 is 17.3 Å². The van der Waals surface area contributed by atoms with Crippen molar-refractivity contribution >= 4 is 26.0 Å². The molecule has 2 aromatic carbocycles. The molecule has 128 valence electrons. The average molecular weight is 411 g/mol. The van der Waals surface area contributed by atoms with Crippen molar-refractivity contribution in [2.75, 3.05) is 6.61 Å². The summed E-state index contributed by atoms with van der Waals surface area (Å²) in [6.07, 6.45) is 1.51. The summed E-state index contributed by atoms with van der Waals surface area (Å²) in [4.78, 5) is 0.164. The summed E-state index contributed by atoms with van der Waals surface area (Å²) in [5, 5.41) is 0. The lowest BCUT2D eigenvalue weighted by atomic mass is 9.93. The number of aryl methyl sites for hydroxylation is 2. The molecule has 0 saturated heterocycles. The third-order valence-corrected chi connectivity index (χ3v) is 5.90. The molecule has 0 saturated carbocycles. The fraction of sp³-hybridized carbons (Fsp3) is 0.333. The first-order valence-electron chi connectivity index (χ1n) is 7.71. The van der Waals surface area contributed by atoms with Crippen molar-refractivity contribution in [2.24, 2.45) is 0 Å². The standard InChI is InChI=1S/C18H19BrO4S/c1-13-3-6-16(7-4-13)24(20,21)22-12-18(2)10-9-14-11-15(19)5-8-17(14)23-18/h3-8,11H,9-10,12H2,1-2H3. The van der Waals surface area contributed by atoms with Crippen LogP contribution in [0.1, 0.15) is 24.5 Å². The van der Waals surface area contributed by atoms with Crippen molar-refractivity contribution in [1.29, 1.82) is 0 Å². The first-order valence-corrected chi connectivity index (χ1v) is 9.91. The monoisotopic (exact) mass is 410 g/mol. The molecule has 1 heterocycles. The molecule has 6 heteroatoms. The number of hydrogen-bond acceptors (Lipinski definition) is 4. The molecule has 3 rings (SSSR count). The van der Waals surface area contributed by atoms with Crippen molar-refractivity contribution in [3.05, 3.63) is 58.1 Å². The third kappa shape index (κ3) is 3.82. The first-order chi connectivity index (χ1) is 11.3. The van der Waals surface area contributed by atoms with Crippen LogP contribution in [0.5, 0.6) is 5.75 Å². The quantitative estimate of drug-likeness (QED) is 0.706. The second-order valence-electron chi connectivity index (χ2n) is 6.33. The van der Waals surface area contributed by atoms with Gasteiger partial charge in [0.1, 0.15) is 18.0 Å². The molecule has 4 nitrogen and oxygen atoms in total. The van der Waals surface area contributed by atoms with Gasteiger partial charge in [0.05, 0.1) is 4.90 Å². The van der Waals surface area contributed by atoms with E-state index in [-0.39, 0.29) is 11.5 Å². The zero-order valence-electron chi connectivity index (χ0n) is 13.6. The Morgan fingerprint density at radius 2 is 1.92 bits per heavy atom. The Balaban J connectivity index is 1.72. The first kappa shape index (κ1) is 17.5. The van der Waals surface area contributed by atoms with Gasteiger partial charge in [-0.3, -0.25) is 4.18 Å². The lowest BCUT2D eigenvalue weighted by molar-refractivity contribution is 0.0197. The van der Waals surface area contributed by atoms with E-state index in [9.17, 15) is 8.42 Å². The summed E-state index contributed by atoms with van der Waals surface area (Å²) in [6.45, 7) is 3.77. The van der Waals surface area contributed by atoms with Crippen LogP contribution in [0.2, 0.25) is 0 Å². The summed E-state index contributed by atoms with van der Waals surface area (Å²) < 4.78 is 37.0. The molecule has 0 aliphatic carbocycles. The normalized spacial score (nSPS) is 20.3. The van der Waals surface area contributed by atoms with Crippen LogP contribution in [-0.2, 0) is 20.7 Å². The van der Waals surface area contributed by atoms with Crippen LogP contribution in [0, 0.1) is 6.92 Å². The summed E-state index contributed by atoms with van der Waals surface area (Å²) in [6, 6.07) is 12.5. The van der Waals surface area contributed by atoms with E-state index in [1.165, 1.54) is 0 Å². The number of halogens is 1. The van der Waals surface area contributed by atoms with Crippen LogP contribution in [0.3, 0.4) is 0 Å². The number of fused-ring (bicyclic) bond motifs is 1. The summed E-state index contributed by atoms with van der Waals surface area (Å²) >= 11 is 3.45. The van der Waals surface area contributed by atoms with Gasteiger partial charge in [0.15, 0.2) is 0 Å². The van der Waals surface area contributed by atoms with Gasteiger partial charge in [-0.05, 0) is 62.6 Å². The van der Waals surface area contributed by atoms with Crippen LogP contribution >= 0.6 is 15.9 Å². The second-order valence-corrected chi connectivity index (χ2v) is 8.86. The van der Waals surface area contributed by atoms with E-state index in [4.69, 9.17) is 8.92 Å². The zero-order valence-corrected chi connectivity index (χ0v) is 16.0. The van der Waals surface area contributed by atoms with E-state index < -0.39 is 15.7 Å². The third-order valence-electron chi connectivity index (χ3n) is 4.13. The Morgan fingerprint density at radius 3 is 2.62 bits per heavy atom. The predicted octanol–water partition coefficient (Wildman–Crippen LogP) is 4.25. The zero-order chi connectivity index (χ0) is 17.4. The Bertz CT molecular complexity index is 846. The molecule has 1 aliphatic rings. The Morgan fingerprint density at radius 1 is 1.21 bits per heavy atom. The maximum atomic E-state index is 12.3. The van der Waals surface area contributed by atoms with Gasteiger partial charge in [0.25, 0.3) is 10.1 Å². The van der Waals surface area contributed by atoms with Gasteiger partial charge in [0, 0.05) is 4.47 Å². The number of rotatable bonds is 4. The van der Waals surface area contributed by atoms with Crippen LogP contribution in [0.15, 0.2) is 51.8 Å². The highest BCUT2D eigenvalue weighted by Gasteiger charge is 2.34. The minimum atomic E-state index is -3.79. The van der Waals surface area contributed by atoms with E-state index in [0.29, 0.717) is 6.42 Å². The highest BCUT2D eigenvalue weighted by molar-refractivity contribution is 9.10. The van der Waals surface area contributed by atoms with E-state index in [1.54, 1.807) is 24.3 Å². The molecule has 0 N–H and O–H groups in total. The van der Waals surface area contributed by atoms with Gasteiger partial charge in [-0.25, -0.2) is 0 Å². The molecule has 0 bridgehead atoms. The molecule has 1 atom stereocenters. The molecule has 1 aliphatic heterocycles. The van der Waals surface area contributed by atoms with Crippen molar-refractivity contribution in [1.82, 2.24) is 0 Å². The molecule has 0 aromatic heterocycles. The SMILES string of the molecule is Cc1ccc(S(=O)(=O)OCC2(C)CCc3cc(Br)ccc3O2)cc1. The molecule has 0 fully saturated rings. The van der Waals surface area contributed by atoms with Gasteiger partial charge in [-0.2, -0.15) is 8.42 Å². The molecular formula is C18H19BrO4S. The average Bonchev–Trinajstić information content (AvgIpc) is 2.54. The fourth-order valence-electron chi connectivity index (χ4n) is 2.64. The highest BCUT2D eigenvalue weighted by Crippen LogP contribution is 2.35. The lowest BCUT2D eigenvalue weighted by Gasteiger charge is -2.35. The maximum Gasteiger partial charge on any atom is 0.297 e. The van der Waals surface area contributed by atoms with Crippen molar-refractivity contribution in [3.8, 4) is 5.75 Å². The van der Waals surface area contributed by atoms with Crippen LogP contribution in [0.4, 0.5) is 0 Å². The number of ether oxygens (including phenoxy) is 1. The van der Waals surface area contributed by atoms with Gasteiger partial charge in [-0.1, -0.05) is 33.6 Å². The van der Waals surface area contributed by atoms with Gasteiger partial charge in [0.2, 0.25) is 0 Å². The van der Waals surface area contributed by atoms with Crippen LogP contribution in [0.25, 0.3) is 0 Å². The smallest absolute Gasteiger partial charge is 0.297 e. The van der Waals surface area contributed by atoms with Gasteiger partial charge in [-0.15, -0.1) is 0 Å². The minimum Gasteiger partial charge on any atom is -0.485 e. The maximum absolute atomic E-state index is 12.3. The second kappa shape index (κ2) is 6.50. The summed E-state index contributed by atoms with van der Waals surface area (Å²) in [5.74, 6) is 0.781. The van der Waals surface area contributed by atoms with Crippen LogP contribution < -0.4 is 4.74 Å². The molecule has 0 radical (unpaired) electrons. The fourth-order valence-corrected chi connectivity index (χ4v) is 4.05. The number of hydrogen-bond donors (Lipinski definition) is 0. The molecule has 1 unspecified atom stereocenters. The molecule has 24 heavy (non-hydrogen) atoms. The van der Waals surface area contributed by atoms with Crippen LogP contribution in [-0.4, -0.2) is 20.6 Å². The number of benzene rings is 2. The molecule has 0 spiro atoms. The van der Waals surface area contributed by atoms with E-state index >= 15 is 0 Å². The highest BCUT2D eigenvalue weighted by atomic mass is 79.9. The van der Waals surface area contributed by atoms with Crippen molar-refractivity contribution in [3.63, 3.8) is 0 Å². The lowest BCUT2D eigenvalue weighted by Crippen LogP contribution is -2.41. The van der Waals surface area contributed by atoms with E-state index in [2.05, 4.69) is 15.9 Å². The van der Waals surface area contributed by atoms with Crippen molar-refractivity contribution in [2.45, 2.75) is 37.2 Å². The summed E-state index contributed by atoms with van der Waals surface area (Å²) in [5.41, 5.74) is 1.45. The summed E-state index contributed by atoms with van der Waals surface area (Å²) in [7, 11) is -3.79.